The van der Waals surface area contributed by atoms with E-state index in [9.17, 15) is 0 Å². The third-order valence-corrected chi connectivity index (χ3v) is 16.2. The van der Waals surface area contributed by atoms with E-state index < -0.39 is 0 Å². The van der Waals surface area contributed by atoms with Gasteiger partial charge in [-0.25, -0.2) is 0 Å². The number of anilines is 3. The van der Waals surface area contributed by atoms with Crippen molar-refractivity contribution < 1.29 is 0 Å². The van der Waals surface area contributed by atoms with Crippen molar-refractivity contribution in [3.8, 4) is 55.6 Å². The van der Waals surface area contributed by atoms with Crippen LogP contribution in [-0.2, 0) is 10.8 Å². The molecule has 5 aliphatic carbocycles. The van der Waals surface area contributed by atoms with Gasteiger partial charge in [-0.3, -0.25) is 0 Å². The standard InChI is InChI=1S/C64H53N/c1-63(2,3)47-34-31-42(32-35-47)48-21-8-12-28-59(48)65(61-30-14-10-24-53(61)54-26-16-20-43-19-15-25-50(62(43)54)41-17-5-4-6-18-41)60-29-13-9-22-49(60)44-33-36-52-51-23-7-11-27-55(51)64(58(52)38-44)56-39-45-37-46(56)40-57(45)64/h4-36,38,45-46,56-57H,37,39-40H2,1-3H3. The van der Waals surface area contributed by atoms with Gasteiger partial charge in [0.15, 0.2) is 0 Å². The molecule has 314 valence electrons. The highest BCUT2D eigenvalue weighted by Crippen LogP contribution is 2.77. The molecule has 9 aromatic carbocycles. The van der Waals surface area contributed by atoms with E-state index in [0.29, 0.717) is 0 Å². The molecule has 4 bridgehead atoms. The lowest BCUT2D eigenvalue weighted by atomic mass is 9.66. The topological polar surface area (TPSA) is 3.24 Å². The summed E-state index contributed by atoms with van der Waals surface area (Å²) in [7, 11) is 0. The maximum atomic E-state index is 2.64. The normalized spacial score (nSPS) is 21.0. The highest BCUT2D eigenvalue weighted by molar-refractivity contribution is 6.09. The summed E-state index contributed by atoms with van der Waals surface area (Å²) >= 11 is 0. The van der Waals surface area contributed by atoms with Gasteiger partial charge in [-0.15, -0.1) is 0 Å². The molecule has 14 rings (SSSR count). The van der Waals surface area contributed by atoms with Gasteiger partial charge < -0.3 is 4.90 Å². The van der Waals surface area contributed by atoms with Gasteiger partial charge in [-0.05, 0) is 139 Å². The molecule has 4 saturated carbocycles. The fraction of sp³-hybridized carbons (Fsp3) is 0.188. The molecule has 0 aromatic heterocycles. The van der Waals surface area contributed by atoms with Crippen LogP contribution in [0, 0.1) is 23.7 Å². The average molecular weight is 836 g/mol. The molecule has 0 N–H and O–H groups in total. The zero-order valence-corrected chi connectivity index (χ0v) is 37.5. The maximum Gasteiger partial charge on any atom is 0.0540 e. The summed E-state index contributed by atoms with van der Waals surface area (Å²) in [5.74, 6) is 3.20. The summed E-state index contributed by atoms with van der Waals surface area (Å²) in [6.07, 6.45) is 4.22. The quantitative estimate of drug-likeness (QED) is 0.155. The Bertz CT molecular complexity index is 3290. The average Bonchev–Trinajstić information content (AvgIpc) is 4.17. The zero-order valence-electron chi connectivity index (χ0n) is 37.5. The Kier molecular flexibility index (Phi) is 8.60. The molecule has 9 aromatic rings. The van der Waals surface area contributed by atoms with Gasteiger partial charge >= 0.3 is 0 Å². The Balaban J connectivity index is 1.05. The first-order valence-corrected chi connectivity index (χ1v) is 23.9. The fourth-order valence-electron chi connectivity index (χ4n) is 13.7. The minimum absolute atomic E-state index is 0.0628. The van der Waals surface area contributed by atoms with Gasteiger partial charge in [-0.2, -0.15) is 0 Å². The number of nitrogens with zero attached hydrogens (tertiary/aromatic N) is 1. The van der Waals surface area contributed by atoms with Crippen LogP contribution in [0.5, 0.6) is 0 Å². The lowest BCUT2D eigenvalue weighted by Gasteiger charge is -2.37. The van der Waals surface area contributed by atoms with Crippen molar-refractivity contribution in [2.24, 2.45) is 23.7 Å². The molecule has 0 heterocycles. The Labute approximate surface area is 384 Å². The molecule has 65 heavy (non-hydrogen) atoms. The maximum absolute atomic E-state index is 2.64. The van der Waals surface area contributed by atoms with Gasteiger partial charge in [-0.1, -0.05) is 203 Å². The van der Waals surface area contributed by atoms with Crippen LogP contribution < -0.4 is 4.90 Å². The van der Waals surface area contributed by atoms with Crippen molar-refractivity contribution in [1.82, 2.24) is 0 Å². The summed E-state index contributed by atoms with van der Waals surface area (Å²) < 4.78 is 0. The van der Waals surface area contributed by atoms with Gasteiger partial charge in [0.05, 0.1) is 17.1 Å². The van der Waals surface area contributed by atoms with Crippen LogP contribution in [-0.4, -0.2) is 0 Å². The number of fused-ring (bicyclic) bond motifs is 4. The summed E-state index contributed by atoms with van der Waals surface area (Å²) in [4.78, 5) is 2.58. The largest absolute Gasteiger partial charge is 0.309 e. The Morgan fingerprint density at radius 3 is 1.52 bits per heavy atom. The number of rotatable bonds is 7. The smallest absolute Gasteiger partial charge is 0.0540 e. The number of benzene rings is 9. The van der Waals surface area contributed by atoms with Crippen LogP contribution in [0.4, 0.5) is 17.1 Å². The summed E-state index contributed by atoms with van der Waals surface area (Å²) in [5, 5.41) is 2.50. The predicted octanol–water partition coefficient (Wildman–Crippen LogP) is 17.2. The second kappa shape index (κ2) is 14.5. The molecular weight excluding hydrogens is 783 g/mol. The minimum Gasteiger partial charge on any atom is -0.309 e. The van der Waals surface area contributed by atoms with Gasteiger partial charge in [0.1, 0.15) is 0 Å². The SMILES string of the molecule is CC(C)(C)c1ccc(-c2ccccc2N(c2ccccc2-c2ccc3c(c2)C2(c4ccccc4-3)C3CC4CC3CC42)c2ccccc2-c2cccc3cccc(-c4ccccc4)c23)cc1. The third kappa shape index (κ3) is 5.70. The second-order valence-electron chi connectivity index (χ2n) is 20.4. The number of hydrogen-bond donors (Lipinski definition) is 0. The van der Waals surface area contributed by atoms with E-state index in [1.807, 2.05) is 0 Å². The highest BCUT2D eigenvalue weighted by Gasteiger charge is 2.70. The minimum atomic E-state index is 0.0628. The van der Waals surface area contributed by atoms with Gasteiger partial charge in [0.2, 0.25) is 0 Å². The van der Waals surface area contributed by atoms with E-state index in [-0.39, 0.29) is 10.8 Å². The lowest BCUT2D eigenvalue weighted by molar-refractivity contribution is 0.307. The molecule has 5 aliphatic rings. The van der Waals surface area contributed by atoms with Gasteiger partial charge in [0, 0.05) is 22.1 Å². The van der Waals surface area contributed by atoms with Crippen molar-refractivity contribution in [2.45, 2.75) is 50.9 Å². The summed E-state index contributed by atoms with van der Waals surface area (Å²) in [6, 6.07) is 78.0. The molecule has 0 radical (unpaired) electrons. The summed E-state index contributed by atoms with van der Waals surface area (Å²) in [6.45, 7) is 6.88. The summed E-state index contributed by atoms with van der Waals surface area (Å²) in [5.41, 5.74) is 20.9. The first-order valence-electron chi connectivity index (χ1n) is 23.9. The molecule has 0 amide bonds. The van der Waals surface area contributed by atoms with E-state index in [1.54, 1.807) is 11.1 Å². The molecule has 1 heteroatoms. The van der Waals surface area contributed by atoms with Gasteiger partial charge in [0.25, 0.3) is 0 Å². The van der Waals surface area contributed by atoms with Crippen molar-refractivity contribution >= 4 is 27.8 Å². The Hall–Kier alpha value is -6.96. The molecule has 1 spiro atoms. The third-order valence-electron chi connectivity index (χ3n) is 16.2. The molecule has 4 atom stereocenters. The van der Waals surface area contributed by atoms with E-state index in [4.69, 9.17) is 0 Å². The van der Waals surface area contributed by atoms with Crippen LogP contribution in [0.2, 0.25) is 0 Å². The van der Waals surface area contributed by atoms with Crippen LogP contribution in [0.25, 0.3) is 66.4 Å². The molecule has 0 saturated heterocycles. The van der Waals surface area contributed by atoms with Crippen LogP contribution in [0.3, 0.4) is 0 Å². The Morgan fingerprint density at radius 2 is 0.877 bits per heavy atom. The molecule has 4 unspecified atom stereocenters. The monoisotopic (exact) mass is 835 g/mol. The molecular formula is C64H53N. The number of para-hydroxylation sites is 3. The molecule has 0 aliphatic heterocycles. The Morgan fingerprint density at radius 1 is 0.385 bits per heavy atom. The van der Waals surface area contributed by atoms with Crippen molar-refractivity contribution in [3.05, 3.63) is 223 Å². The zero-order chi connectivity index (χ0) is 43.4. The van der Waals surface area contributed by atoms with Crippen molar-refractivity contribution in [2.75, 3.05) is 4.90 Å². The highest BCUT2D eigenvalue weighted by atomic mass is 15.1. The van der Waals surface area contributed by atoms with Crippen LogP contribution in [0.1, 0.15) is 56.7 Å². The first-order chi connectivity index (χ1) is 31.9. The second-order valence-corrected chi connectivity index (χ2v) is 20.4. The van der Waals surface area contributed by atoms with E-state index in [2.05, 4.69) is 232 Å². The fourth-order valence-corrected chi connectivity index (χ4v) is 13.7. The van der Waals surface area contributed by atoms with E-state index in [0.717, 1.165) is 35.0 Å². The molecule has 4 fully saturated rings. The van der Waals surface area contributed by atoms with Crippen LogP contribution >= 0.6 is 0 Å². The molecule has 1 nitrogen and oxygen atoms in total. The van der Waals surface area contributed by atoms with E-state index >= 15 is 0 Å². The first kappa shape index (κ1) is 38.5. The lowest BCUT2D eigenvalue weighted by Crippen LogP contribution is -2.34. The number of hydrogen-bond acceptors (Lipinski definition) is 1. The van der Waals surface area contributed by atoms with Crippen molar-refractivity contribution in [1.29, 1.82) is 0 Å². The van der Waals surface area contributed by atoms with E-state index in [1.165, 1.54) is 96.9 Å². The predicted molar refractivity (Wildman–Crippen MR) is 273 cm³/mol. The van der Waals surface area contributed by atoms with Crippen LogP contribution in [0.15, 0.2) is 206 Å². The van der Waals surface area contributed by atoms with Crippen molar-refractivity contribution in [3.63, 3.8) is 0 Å².